The molecule has 0 saturated carbocycles. The third-order valence-electron chi connectivity index (χ3n) is 3.95. The minimum atomic E-state index is -0.928. The third kappa shape index (κ3) is 4.95. The van der Waals surface area contributed by atoms with Crippen LogP contribution in [0.3, 0.4) is 0 Å². The monoisotopic (exact) mass is 382 g/mol. The molecule has 0 saturated heterocycles. The Balaban J connectivity index is 1.51. The maximum atomic E-state index is 12.1. The lowest BCUT2D eigenvalue weighted by molar-refractivity contribution is -0.128. The molecule has 1 aromatic carbocycles. The highest BCUT2D eigenvalue weighted by molar-refractivity contribution is 7.13. The summed E-state index contributed by atoms with van der Waals surface area (Å²) < 4.78 is 0. The molecule has 1 unspecified atom stereocenters. The Morgan fingerprint density at radius 2 is 2.04 bits per heavy atom. The lowest BCUT2D eigenvalue weighted by atomic mass is 10.1. The molecule has 1 aliphatic heterocycles. The number of dihydropyridines is 1. The lowest BCUT2D eigenvalue weighted by Crippen LogP contribution is -2.28. The summed E-state index contributed by atoms with van der Waals surface area (Å²) in [5.41, 5.74) is 2.50. The number of aryl methyl sites for hydroxylation is 2. The molecule has 3 rings (SSSR count). The molecular formula is C19H18N4O3S. The molecule has 0 aliphatic carbocycles. The maximum absolute atomic E-state index is 12.1. The zero-order valence-electron chi connectivity index (χ0n) is 14.6. The standard InChI is InChI=1S/C19H18N4O3S/c1-12-5-2-3-7-15(12)22-16(24)9-8-13-11-27-19(21-13)23-18(26)14-6-4-10-20-17(14)25/h2-7,10-11,14H,8-9H2,1H3,(H,22,24)(H,21,23,26). The molecule has 0 radical (unpaired) electrons. The van der Waals surface area contributed by atoms with E-state index in [1.807, 2.05) is 31.2 Å². The van der Waals surface area contributed by atoms with Crippen LogP contribution in [0.25, 0.3) is 0 Å². The fourth-order valence-electron chi connectivity index (χ4n) is 2.47. The number of aromatic nitrogens is 1. The summed E-state index contributed by atoms with van der Waals surface area (Å²) in [6.07, 6.45) is 5.15. The van der Waals surface area contributed by atoms with Gasteiger partial charge in [-0.15, -0.1) is 11.3 Å². The van der Waals surface area contributed by atoms with Crippen molar-refractivity contribution >= 4 is 46.1 Å². The Morgan fingerprint density at radius 1 is 1.22 bits per heavy atom. The molecule has 2 heterocycles. The number of carbonyl (C=O) groups is 3. The number of thiazole rings is 1. The van der Waals surface area contributed by atoms with Crippen LogP contribution in [0.15, 0.2) is 46.8 Å². The number of hydrogen-bond donors (Lipinski definition) is 2. The zero-order chi connectivity index (χ0) is 19.2. The first kappa shape index (κ1) is 18.7. The minimum absolute atomic E-state index is 0.0984. The lowest BCUT2D eigenvalue weighted by Gasteiger charge is -2.09. The largest absolute Gasteiger partial charge is 0.326 e. The summed E-state index contributed by atoms with van der Waals surface area (Å²) in [5, 5.41) is 7.67. The van der Waals surface area contributed by atoms with Crippen LogP contribution in [-0.4, -0.2) is 28.9 Å². The van der Waals surface area contributed by atoms with Crippen LogP contribution in [0.5, 0.6) is 0 Å². The predicted molar refractivity (Wildman–Crippen MR) is 105 cm³/mol. The summed E-state index contributed by atoms with van der Waals surface area (Å²) in [7, 11) is 0. The highest BCUT2D eigenvalue weighted by atomic mass is 32.1. The minimum Gasteiger partial charge on any atom is -0.326 e. The Morgan fingerprint density at radius 3 is 2.81 bits per heavy atom. The van der Waals surface area contributed by atoms with E-state index in [-0.39, 0.29) is 12.3 Å². The predicted octanol–water partition coefficient (Wildman–Crippen LogP) is 2.74. The number of anilines is 2. The van der Waals surface area contributed by atoms with Crippen LogP contribution in [0.4, 0.5) is 10.8 Å². The number of nitrogens with zero attached hydrogens (tertiary/aromatic N) is 2. The molecular weight excluding hydrogens is 364 g/mol. The normalized spacial score (nSPS) is 15.6. The van der Waals surface area contributed by atoms with E-state index in [1.165, 1.54) is 23.6 Å². The van der Waals surface area contributed by atoms with Crippen molar-refractivity contribution in [3.8, 4) is 0 Å². The number of nitrogens with one attached hydrogen (secondary N) is 2. The average molecular weight is 382 g/mol. The van der Waals surface area contributed by atoms with Crippen LogP contribution in [-0.2, 0) is 20.8 Å². The maximum Gasteiger partial charge on any atom is 0.262 e. The number of allylic oxidation sites excluding steroid dienone is 1. The molecule has 1 aromatic heterocycles. The van der Waals surface area contributed by atoms with E-state index in [1.54, 1.807) is 11.5 Å². The number of amides is 3. The van der Waals surface area contributed by atoms with Gasteiger partial charge in [0.2, 0.25) is 11.8 Å². The van der Waals surface area contributed by atoms with E-state index in [4.69, 9.17) is 0 Å². The number of hydrogen-bond acceptors (Lipinski definition) is 5. The number of rotatable bonds is 6. The van der Waals surface area contributed by atoms with Crippen molar-refractivity contribution in [3.05, 3.63) is 53.1 Å². The van der Waals surface area contributed by atoms with Gasteiger partial charge in [0.25, 0.3) is 5.91 Å². The molecule has 1 aliphatic rings. The number of benzene rings is 1. The van der Waals surface area contributed by atoms with Gasteiger partial charge < -0.3 is 10.6 Å². The van der Waals surface area contributed by atoms with Gasteiger partial charge in [-0.25, -0.2) is 9.98 Å². The molecule has 7 nitrogen and oxygen atoms in total. The Labute approximate surface area is 160 Å². The second-order valence-corrected chi connectivity index (χ2v) is 6.83. The SMILES string of the molecule is Cc1ccccc1NC(=O)CCc1csc(NC(=O)C2C=CC=NC2=O)n1. The average Bonchev–Trinajstić information content (AvgIpc) is 3.09. The molecule has 0 spiro atoms. The molecule has 2 N–H and O–H groups in total. The fourth-order valence-corrected chi connectivity index (χ4v) is 3.22. The van der Waals surface area contributed by atoms with Crippen LogP contribution in [0, 0.1) is 12.8 Å². The van der Waals surface area contributed by atoms with Crippen molar-refractivity contribution in [2.24, 2.45) is 10.9 Å². The first-order valence-electron chi connectivity index (χ1n) is 8.38. The van der Waals surface area contributed by atoms with Crippen molar-refractivity contribution in [1.29, 1.82) is 0 Å². The third-order valence-corrected chi connectivity index (χ3v) is 4.76. The second-order valence-electron chi connectivity index (χ2n) is 5.98. The highest BCUT2D eigenvalue weighted by Crippen LogP contribution is 2.19. The Kier molecular flexibility index (Phi) is 5.87. The first-order chi connectivity index (χ1) is 13.0. The van der Waals surface area contributed by atoms with Crippen LogP contribution in [0.2, 0.25) is 0 Å². The molecule has 27 heavy (non-hydrogen) atoms. The first-order valence-corrected chi connectivity index (χ1v) is 9.26. The van der Waals surface area contributed by atoms with Gasteiger partial charge in [-0.1, -0.05) is 24.3 Å². The van der Waals surface area contributed by atoms with E-state index in [9.17, 15) is 14.4 Å². The fraction of sp³-hybridized carbons (Fsp3) is 0.211. The van der Waals surface area contributed by atoms with Gasteiger partial charge in [0, 0.05) is 23.7 Å². The summed E-state index contributed by atoms with van der Waals surface area (Å²) in [6, 6.07) is 7.58. The van der Waals surface area contributed by atoms with Gasteiger partial charge in [0.1, 0.15) is 5.92 Å². The quantitative estimate of drug-likeness (QED) is 0.750. The highest BCUT2D eigenvalue weighted by Gasteiger charge is 2.25. The topological polar surface area (TPSA) is 101 Å². The molecule has 1 atom stereocenters. The summed E-state index contributed by atoms with van der Waals surface area (Å²) in [5.74, 6) is -1.99. The van der Waals surface area contributed by atoms with E-state index in [0.29, 0.717) is 17.2 Å². The summed E-state index contributed by atoms with van der Waals surface area (Å²) >= 11 is 1.25. The number of carbonyl (C=O) groups excluding carboxylic acids is 3. The van der Waals surface area contributed by atoms with Crippen molar-refractivity contribution in [2.75, 3.05) is 10.6 Å². The van der Waals surface area contributed by atoms with Crippen molar-refractivity contribution in [1.82, 2.24) is 4.98 Å². The van der Waals surface area contributed by atoms with Crippen LogP contribution in [0.1, 0.15) is 17.7 Å². The van der Waals surface area contributed by atoms with Gasteiger partial charge in [-0.2, -0.15) is 0 Å². The Hall–Kier alpha value is -3.13. The summed E-state index contributed by atoms with van der Waals surface area (Å²) in [6.45, 7) is 1.93. The van der Waals surface area contributed by atoms with Crippen molar-refractivity contribution in [3.63, 3.8) is 0 Å². The van der Waals surface area contributed by atoms with Gasteiger partial charge in [-0.05, 0) is 31.1 Å². The van der Waals surface area contributed by atoms with E-state index >= 15 is 0 Å². The molecule has 8 heteroatoms. The van der Waals surface area contributed by atoms with E-state index < -0.39 is 17.7 Å². The van der Waals surface area contributed by atoms with Crippen LogP contribution >= 0.6 is 11.3 Å². The second kappa shape index (κ2) is 8.50. The van der Waals surface area contributed by atoms with Gasteiger partial charge >= 0.3 is 0 Å². The molecule has 138 valence electrons. The Bertz CT molecular complexity index is 933. The van der Waals surface area contributed by atoms with Gasteiger partial charge in [0.15, 0.2) is 5.13 Å². The molecule has 2 aromatic rings. The van der Waals surface area contributed by atoms with Gasteiger partial charge in [-0.3, -0.25) is 14.4 Å². The van der Waals surface area contributed by atoms with E-state index in [2.05, 4.69) is 20.6 Å². The zero-order valence-corrected chi connectivity index (χ0v) is 15.5. The number of para-hydroxylation sites is 1. The van der Waals surface area contributed by atoms with Crippen LogP contribution < -0.4 is 10.6 Å². The van der Waals surface area contributed by atoms with Crippen molar-refractivity contribution in [2.45, 2.75) is 19.8 Å². The van der Waals surface area contributed by atoms with Gasteiger partial charge in [0.05, 0.1) is 5.69 Å². The molecule has 3 amide bonds. The van der Waals surface area contributed by atoms with E-state index in [0.717, 1.165) is 11.3 Å². The van der Waals surface area contributed by atoms with Crippen molar-refractivity contribution < 1.29 is 14.4 Å². The number of aliphatic imine (C=N–C) groups is 1. The smallest absolute Gasteiger partial charge is 0.262 e. The molecule has 0 fully saturated rings. The molecule has 0 bridgehead atoms. The summed E-state index contributed by atoms with van der Waals surface area (Å²) in [4.78, 5) is 43.7.